The van der Waals surface area contributed by atoms with E-state index >= 15 is 0 Å². The van der Waals surface area contributed by atoms with Crippen LogP contribution in [-0.2, 0) is 9.53 Å². The molecule has 1 unspecified atom stereocenters. The number of likely N-dealkylation sites (N-methyl/N-ethyl adjacent to an activating group) is 1. The molecule has 3 N–H and O–H groups in total. The lowest BCUT2D eigenvalue weighted by Crippen LogP contribution is -2.43. The van der Waals surface area contributed by atoms with E-state index in [0.29, 0.717) is 13.2 Å². The normalized spacial score (nSPS) is 12.5. The maximum absolute atomic E-state index is 12.0. The second-order valence-electron chi connectivity index (χ2n) is 4.22. The minimum Gasteiger partial charge on any atom is -0.394 e. The van der Waals surface area contributed by atoms with Crippen LogP contribution in [0.5, 0.6) is 0 Å². The number of amides is 1. The maximum atomic E-state index is 12.0. The molecule has 1 amide bonds. The number of ether oxygens (including phenoxy) is 1. The summed E-state index contributed by atoms with van der Waals surface area (Å²) in [5.74, 6) is -0.422. The van der Waals surface area contributed by atoms with Crippen molar-refractivity contribution in [1.82, 2.24) is 4.90 Å². The fraction of sp³-hybridized carbons (Fsp3) is 0.818. The Morgan fingerprint density at radius 1 is 1.47 bits per heavy atom. The largest absolute Gasteiger partial charge is 0.394 e. The number of hydrogen-bond acceptors (Lipinski definition) is 4. The van der Waals surface area contributed by atoms with Crippen molar-refractivity contribution >= 4 is 23.1 Å². The van der Waals surface area contributed by atoms with Crippen LogP contribution < -0.4 is 5.73 Å². The van der Waals surface area contributed by atoms with Gasteiger partial charge in [-0.1, -0.05) is 26.1 Å². The molecule has 1 atom stereocenters. The first-order valence-corrected chi connectivity index (χ1v) is 6.05. The number of carbonyl (C=O) groups excluding carboxylic acids is 1. The van der Waals surface area contributed by atoms with Gasteiger partial charge in [-0.3, -0.25) is 4.79 Å². The number of nitrogens with zero attached hydrogens (tertiary/aromatic N) is 1. The van der Waals surface area contributed by atoms with Crippen LogP contribution in [0.2, 0.25) is 0 Å². The summed E-state index contributed by atoms with van der Waals surface area (Å²) in [6, 6.07) is 0. The van der Waals surface area contributed by atoms with Crippen molar-refractivity contribution < 1.29 is 14.6 Å². The van der Waals surface area contributed by atoms with Gasteiger partial charge in [0.25, 0.3) is 0 Å². The summed E-state index contributed by atoms with van der Waals surface area (Å²) >= 11 is 4.91. The lowest BCUT2D eigenvalue weighted by molar-refractivity contribution is -0.133. The number of thiocarbonyl (C=S) groups is 1. The Balaban J connectivity index is 4.22. The summed E-state index contributed by atoms with van der Waals surface area (Å²) in [4.78, 5) is 13.8. The zero-order valence-corrected chi connectivity index (χ0v) is 11.5. The average molecular weight is 262 g/mol. The van der Waals surface area contributed by atoms with Crippen LogP contribution in [0.3, 0.4) is 0 Å². The zero-order valence-electron chi connectivity index (χ0n) is 10.7. The smallest absolute Gasteiger partial charge is 0.232 e. The highest BCUT2D eigenvalue weighted by molar-refractivity contribution is 7.80. The molecule has 0 radical (unpaired) electrons. The van der Waals surface area contributed by atoms with Crippen LogP contribution in [0.4, 0.5) is 0 Å². The van der Waals surface area contributed by atoms with E-state index < -0.39 is 5.92 Å². The summed E-state index contributed by atoms with van der Waals surface area (Å²) in [7, 11) is 1.69. The molecule has 0 aliphatic heterocycles. The van der Waals surface area contributed by atoms with Crippen molar-refractivity contribution in [3.63, 3.8) is 0 Å². The molecule has 0 spiro atoms. The first kappa shape index (κ1) is 16.3. The third kappa shape index (κ3) is 5.95. The van der Waals surface area contributed by atoms with E-state index in [1.165, 1.54) is 0 Å². The lowest BCUT2D eigenvalue weighted by atomic mass is 9.94. The molecule has 0 fully saturated rings. The van der Waals surface area contributed by atoms with Crippen LogP contribution in [0.1, 0.15) is 13.8 Å². The van der Waals surface area contributed by atoms with Crippen molar-refractivity contribution in [3.8, 4) is 0 Å². The number of rotatable bonds is 8. The number of carbonyl (C=O) groups is 1. The zero-order chi connectivity index (χ0) is 13.4. The molecule has 0 aromatic rings. The maximum Gasteiger partial charge on any atom is 0.232 e. The molecule has 0 rings (SSSR count). The van der Waals surface area contributed by atoms with Crippen LogP contribution in [0.15, 0.2) is 0 Å². The Morgan fingerprint density at radius 2 is 2.06 bits per heavy atom. The molecule has 0 aliphatic carbocycles. The van der Waals surface area contributed by atoms with E-state index in [1.54, 1.807) is 11.9 Å². The van der Waals surface area contributed by atoms with E-state index in [1.807, 2.05) is 13.8 Å². The van der Waals surface area contributed by atoms with Crippen LogP contribution in [0.25, 0.3) is 0 Å². The van der Waals surface area contributed by atoms with E-state index in [2.05, 4.69) is 0 Å². The van der Waals surface area contributed by atoms with Crippen LogP contribution in [-0.4, -0.2) is 54.3 Å². The Morgan fingerprint density at radius 3 is 2.47 bits per heavy atom. The number of nitrogens with two attached hydrogens (primary N) is 1. The van der Waals surface area contributed by atoms with E-state index in [0.717, 1.165) is 0 Å². The molecule has 100 valence electrons. The first-order valence-electron chi connectivity index (χ1n) is 5.64. The molecule has 17 heavy (non-hydrogen) atoms. The Bertz CT molecular complexity index is 259. The SMILES string of the molecule is CC(C)C(C(=O)N(C)CCOCCO)C(N)=S. The van der Waals surface area contributed by atoms with Crippen molar-refractivity contribution in [2.24, 2.45) is 17.6 Å². The molecule has 6 heteroatoms. The van der Waals surface area contributed by atoms with Gasteiger partial charge in [0.1, 0.15) is 0 Å². The molecule has 5 nitrogen and oxygen atoms in total. The van der Waals surface area contributed by atoms with Gasteiger partial charge in [-0.05, 0) is 5.92 Å². The molecular formula is C11H22N2O3S. The van der Waals surface area contributed by atoms with E-state index in [4.69, 9.17) is 27.8 Å². The average Bonchev–Trinajstić information content (AvgIpc) is 2.22. The van der Waals surface area contributed by atoms with Crippen LogP contribution in [0, 0.1) is 11.8 Å². The molecule has 0 aliphatic rings. The summed E-state index contributed by atoms with van der Waals surface area (Å²) in [5.41, 5.74) is 5.57. The van der Waals surface area contributed by atoms with Gasteiger partial charge in [-0.2, -0.15) is 0 Å². The van der Waals surface area contributed by atoms with Crippen molar-refractivity contribution in [2.45, 2.75) is 13.8 Å². The third-order valence-corrected chi connectivity index (χ3v) is 2.68. The molecule has 0 aromatic carbocycles. The summed E-state index contributed by atoms with van der Waals surface area (Å²) in [5, 5.41) is 8.54. The van der Waals surface area contributed by atoms with Gasteiger partial charge < -0.3 is 20.5 Å². The number of aliphatic hydroxyl groups excluding tert-OH is 1. The van der Waals surface area contributed by atoms with Gasteiger partial charge in [0.15, 0.2) is 0 Å². The highest BCUT2D eigenvalue weighted by Crippen LogP contribution is 2.14. The van der Waals surface area contributed by atoms with Gasteiger partial charge >= 0.3 is 0 Å². The predicted molar refractivity (Wildman–Crippen MR) is 70.7 cm³/mol. The van der Waals surface area contributed by atoms with Gasteiger partial charge in [0, 0.05) is 13.6 Å². The molecule has 0 aromatic heterocycles. The van der Waals surface area contributed by atoms with Crippen molar-refractivity contribution in [2.75, 3.05) is 33.4 Å². The topological polar surface area (TPSA) is 75.8 Å². The molecule has 0 heterocycles. The molecule has 0 saturated heterocycles. The van der Waals surface area contributed by atoms with Crippen molar-refractivity contribution in [1.29, 1.82) is 0 Å². The standard InChI is InChI=1S/C11H22N2O3S/c1-8(2)9(10(12)17)11(15)13(3)4-6-16-7-5-14/h8-9,14H,4-7H2,1-3H3,(H2,12,17). The molecule has 0 bridgehead atoms. The van der Waals surface area contributed by atoms with Gasteiger partial charge in [-0.25, -0.2) is 0 Å². The Kier molecular flexibility index (Phi) is 8.03. The minimum absolute atomic E-state index is 0.0147. The van der Waals surface area contributed by atoms with Gasteiger partial charge in [-0.15, -0.1) is 0 Å². The van der Waals surface area contributed by atoms with Gasteiger partial charge in [0.05, 0.1) is 30.7 Å². The highest BCUT2D eigenvalue weighted by atomic mass is 32.1. The summed E-state index contributed by atoms with van der Waals surface area (Å²) < 4.78 is 5.10. The van der Waals surface area contributed by atoms with Crippen LogP contribution >= 0.6 is 12.2 Å². The van der Waals surface area contributed by atoms with E-state index in [-0.39, 0.29) is 30.0 Å². The second kappa shape index (κ2) is 8.38. The predicted octanol–water partition coefficient (Wildman–Crippen LogP) is 0.0120. The summed E-state index contributed by atoms with van der Waals surface area (Å²) in [6.45, 7) is 4.95. The Hall–Kier alpha value is -0.720. The second-order valence-corrected chi connectivity index (χ2v) is 4.69. The number of aliphatic hydroxyl groups is 1. The Labute approximate surface area is 108 Å². The monoisotopic (exact) mass is 262 g/mol. The minimum atomic E-state index is -0.423. The fourth-order valence-electron chi connectivity index (χ4n) is 1.45. The first-order chi connectivity index (χ1) is 7.91. The lowest BCUT2D eigenvalue weighted by Gasteiger charge is -2.25. The molecular weight excluding hydrogens is 240 g/mol. The van der Waals surface area contributed by atoms with Crippen molar-refractivity contribution in [3.05, 3.63) is 0 Å². The summed E-state index contributed by atoms with van der Waals surface area (Å²) in [6.07, 6.45) is 0. The molecule has 0 saturated carbocycles. The quantitative estimate of drug-likeness (QED) is 0.476. The highest BCUT2D eigenvalue weighted by Gasteiger charge is 2.27. The number of hydrogen-bond donors (Lipinski definition) is 2. The van der Waals surface area contributed by atoms with E-state index in [9.17, 15) is 4.79 Å². The third-order valence-electron chi connectivity index (χ3n) is 2.42. The fourth-order valence-corrected chi connectivity index (χ4v) is 1.82. The van der Waals surface area contributed by atoms with Gasteiger partial charge in [0.2, 0.25) is 5.91 Å².